The van der Waals surface area contributed by atoms with Gasteiger partial charge >= 0.3 is 10.8 Å². The quantitative estimate of drug-likeness (QED) is 0.794. The lowest BCUT2D eigenvalue weighted by Crippen LogP contribution is -2.43. The normalized spacial score (nSPS) is 12.2. The minimum Gasteiger partial charge on any atom is -0.480 e. The third-order valence-electron chi connectivity index (χ3n) is 3.16. The number of amides is 1. The largest absolute Gasteiger partial charge is 0.480 e. The molecule has 6 nitrogen and oxygen atoms in total. The number of thiazole rings is 1. The first-order valence-electron chi connectivity index (χ1n) is 6.55. The maximum atomic E-state index is 11.9. The van der Waals surface area contributed by atoms with Crippen molar-refractivity contribution in [2.24, 2.45) is 0 Å². The lowest BCUT2D eigenvalue weighted by Gasteiger charge is -2.14. The molecule has 1 amide bonds. The van der Waals surface area contributed by atoms with E-state index in [-0.39, 0.29) is 11.4 Å². The van der Waals surface area contributed by atoms with Gasteiger partial charge in [0.25, 0.3) is 0 Å². The van der Waals surface area contributed by atoms with Crippen LogP contribution >= 0.6 is 11.3 Å². The van der Waals surface area contributed by atoms with Crippen molar-refractivity contribution in [1.29, 1.82) is 0 Å². The van der Waals surface area contributed by atoms with Crippen molar-refractivity contribution >= 4 is 23.2 Å². The van der Waals surface area contributed by atoms with Crippen molar-refractivity contribution in [1.82, 2.24) is 9.88 Å². The van der Waals surface area contributed by atoms with Crippen molar-refractivity contribution in [3.63, 3.8) is 0 Å². The van der Waals surface area contributed by atoms with E-state index in [1.165, 1.54) is 4.57 Å². The fourth-order valence-electron chi connectivity index (χ4n) is 1.82. The average Bonchev–Trinajstić information content (AvgIpc) is 2.61. The van der Waals surface area contributed by atoms with E-state index in [4.69, 9.17) is 5.11 Å². The maximum absolute atomic E-state index is 11.9. The van der Waals surface area contributed by atoms with Crippen molar-refractivity contribution in [2.45, 2.75) is 52.6 Å². The second kappa shape index (κ2) is 7.23. The highest BCUT2D eigenvalue weighted by molar-refractivity contribution is 7.09. The van der Waals surface area contributed by atoms with Gasteiger partial charge in [0.15, 0.2) is 0 Å². The Morgan fingerprint density at radius 1 is 1.40 bits per heavy atom. The molecule has 1 atom stereocenters. The standard InChI is InChI=1S/C13H20N2O4S/c1-4-5-6-10(12(17)18)14-11(16)7-15-8(2)9(3)20-13(15)19/h10H,4-7H2,1-3H3,(H,14,16)(H,17,18). The maximum Gasteiger partial charge on any atom is 0.326 e. The van der Waals surface area contributed by atoms with Crippen LogP contribution in [0.1, 0.15) is 36.8 Å². The molecular formula is C13H20N2O4S. The Morgan fingerprint density at radius 2 is 2.05 bits per heavy atom. The molecule has 1 heterocycles. The Hall–Kier alpha value is -1.63. The van der Waals surface area contributed by atoms with E-state index in [9.17, 15) is 14.4 Å². The number of unbranched alkanes of at least 4 members (excludes halogenated alkanes) is 1. The zero-order valence-corrected chi connectivity index (χ0v) is 12.7. The molecule has 0 aliphatic carbocycles. The zero-order chi connectivity index (χ0) is 15.3. The molecule has 7 heteroatoms. The van der Waals surface area contributed by atoms with E-state index >= 15 is 0 Å². The highest BCUT2D eigenvalue weighted by Crippen LogP contribution is 2.09. The smallest absolute Gasteiger partial charge is 0.326 e. The van der Waals surface area contributed by atoms with Gasteiger partial charge in [-0.1, -0.05) is 31.1 Å². The number of aryl methyl sites for hydroxylation is 1. The number of rotatable bonds is 7. The summed E-state index contributed by atoms with van der Waals surface area (Å²) in [6.07, 6.45) is 1.99. The molecule has 0 spiro atoms. The fraction of sp³-hybridized carbons (Fsp3) is 0.615. The number of hydrogen-bond acceptors (Lipinski definition) is 4. The first kappa shape index (κ1) is 16.4. The Bertz CT molecular complexity index is 547. The topological polar surface area (TPSA) is 88.4 Å². The summed E-state index contributed by atoms with van der Waals surface area (Å²) < 4.78 is 1.37. The van der Waals surface area contributed by atoms with Crippen LogP contribution in [-0.2, 0) is 16.1 Å². The lowest BCUT2D eigenvalue weighted by molar-refractivity contribution is -0.142. The number of carboxylic acid groups (broad SMARTS) is 1. The molecule has 0 saturated heterocycles. The monoisotopic (exact) mass is 300 g/mol. The second-order valence-corrected chi connectivity index (χ2v) is 5.86. The summed E-state index contributed by atoms with van der Waals surface area (Å²) >= 11 is 1.09. The number of aliphatic carboxylic acids is 1. The predicted molar refractivity (Wildman–Crippen MR) is 77.1 cm³/mol. The van der Waals surface area contributed by atoms with Crippen LogP contribution in [-0.4, -0.2) is 27.6 Å². The van der Waals surface area contributed by atoms with Gasteiger partial charge in [0.05, 0.1) is 0 Å². The van der Waals surface area contributed by atoms with Gasteiger partial charge in [0.1, 0.15) is 12.6 Å². The molecule has 1 rings (SSSR count). The van der Waals surface area contributed by atoms with Gasteiger partial charge in [-0.15, -0.1) is 0 Å². The van der Waals surface area contributed by atoms with Crippen LogP contribution in [0, 0.1) is 13.8 Å². The van der Waals surface area contributed by atoms with Crippen LogP contribution < -0.4 is 10.2 Å². The van der Waals surface area contributed by atoms with E-state index in [2.05, 4.69) is 5.32 Å². The summed E-state index contributed by atoms with van der Waals surface area (Å²) in [7, 11) is 0. The van der Waals surface area contributed by atoms with Crippen LogP contribution in [0.4, 0.5) is 0 Å². The van der Waals surface area contributed by atoms with Gasteiger partial charge in [0, 0.05) is 10.6 Å². The van der Waals surface area contributed by atoms with Crippen molar-refractivity contribution in [3.05, 3.63) is 20.2 Å². The molecule has 0 aromatic carbocycles. The van der Waals surface area contributed by atoms with Crippen LogP contribution in [0.2, 0.25) is 0 Å². The Kier molecular flexibility index (Phi) is 5.94. The molecule has 1 aromatic heterocycles. The van der Waals surface area contributed by atoms with Crippen LogP contribution in [0.5, 0.6) is 0 Å². The van der Waals surface area contributed by atoms with E-state index in [1.807, 2.05) is 13.8 Å². The van der Waals surface area contributed by atoms with E-state index in [0.29, 0.717) is 6.42 Å². The molecule has 112 valence electrons. The number of carbonyl (C=O) groups is 2. The van der Waals surface area contributed by atoms with Gasteiger partial charge in [-0.3, -0.25) is 14.2 Å². The van der Waals surface area contributed by atoms with Crippen molar-refractivity contribution < 1.29 is 14.7 Å². The Morgan fingerprint density at radius 3 is 2.50 bits per heavy atom. The lowest BCUT2D eigenvalue weighted by atomic mass is 10.1. The highest BCUT2D eigenvalue weighted by atomic mass is 32.1. The number of nitrogens with one attached hydrogen (secondary N) is 1. The van der Waals surface area contributed by atoms with Crippen LogP contribution in [0.3, 0.4) is 0 Å². The van der Waals surface area contributed by atoms with Crippen molar-refractivity contribution in [2.75, 3.05) is 0 Å². The molecule has 0 fully saturated rings. The molecule has 20 heavy (non-hydrogen) atoms. The predicted octanol–water partition coefficient (Wildman–Crippen LogP) is 1.29. The van der Waals surface area contributed by atoms with Gasteiger partial charge in [0.2, 0.25) is 5.91 Å². The first-order valence-corrected chi connectivity index (χ1v) is 7.37. The summed E-state index contributed by atoms with van der Waals surface area (Å²) in [5.41, 5.74) is 0.746. The summed E-state index contributed by atoms with van der Waals surface area (Å²) in [5, 5.41) is 11.5. The molecule has 0 bridgehead atoms. The number of nitrogens with zero attached hydrogens (tertiary/aromatic N) is 1. The summed E-state index contributed by atoms with van der Waals surface area (Å²) in [5.74, 6) is -1.49. The Balaban J connectivity index is 2.70. The molecular weight excluding hydrogens is 280 g/mol. The zero-order valence-electron chi connectivity index (χ0n) is 11.9. The van der Waals surface area contributed by atoms with Crippen LogP contribution in [0.25, 0.3) is 0 Å². The molecule has 1 unspecified atom stereocenters. The molecule has 0 aliphatic rings. The molecule has 0 radical (unpaired) electrons. The van der Waals surface area contributed by atoms with Crippen LogP contribution in [0.15, 0.2) is 4.79 Å². The summed E-state index contributed by atoms with van der Waals surface area (Å²) in [6.45, 7) is 5.41. The number of hydrogen-bond donors (Lipinski definition) is 2. The summed E-state index contributed by atoms with van der Waals surface area (Å²) in [6, 6.07) is -0.891. The second-order valence-electron chi connectivity index (χ2n) is 4.70. The SMILES string of the molecule is CCCCC(NC(=O)Cn1c(C)c(C)sc1=O)C(=O)O. The van der Waals surface area contributed by atoms with E-state index < -0.39 is 17.9 Å². The molecule has 2 N–H and O–H groups in total. The minimum absolute atomic E-state index is 0.134. The average molecular weight is 300 g/mol. The highest BCUT2D eigenvalue weighted by Gasteiger charge is 2.20. The van der Waals surface area contributed by atoms with Gasteiger partial charge in [-0.2, -0.15) is 0 Å². The summed E-state index contributed by atoms with van der Waals surface area (Å²) in [4.78, 5) is 35.3. The first-order chi connectivity index (χ1) is 9.36. The molecule has 0 saturated carbocycles. The number of aromatic nitrogens is 1. The molecule has 0 aliphatic heterocycles. The number of carboxylic acids is 1. The van der Waals surface area contributed by atoms with E-state index in [0.717, 1.165) is 34.7 Å². The minimum atomic E-state index is -1.04. The number of carbonyl (C=O) groups excluding carboxylic acids is 1. The van der Waals surface area contributed by atoms with Gasteiger partial charge in [-0.05, 0) is 20.3 Å². The molecule has 1 aromatic rings. The Labute approximate surface area is 121 Å². The van der Waals surface area contributed by atoms with Gasteiger partial charge in [-0.25, -0.2) is 4.79 Å². The van der Waals surface area contributed by atoms with E-state index in [1.54, 1.807) is 6.92 Å². The third kappa shape index (κ3) is 4.19. The third-order valence-corrected chi connectivity index (χ3v) is 4.15. The fourth-order valence-corrected chi connectivity index (χ4v) is 2.65. The van der Waals surface area contributed by atoms with Crippen molar-refractivity contribution in [3.8, 4) is 0 Å². The van der Waals surface area contributed by atoms with Gasteiger partial charge < -0.3 is 10.4 Å².